The van der Waals surface area contributed by atoms with Crippen LogP contribution in [0.25, 0.3) is 17.0 Å². The van der Waals surface area contributed by atoms with E-state index in [9.17, 15) is 9.59 Å². The van der Waals surface area contributed by atoms with Gasteiger partial charge in [-0.3, -0.25) is 9.59 Å². The summed E-state index contributed by atoms with van der Waals surface area (Å²) in [6.07, 6.45) is 5.01. The number of amides is 2. The first-order valence-corrected chi connectivity index (χ1v) is 10.3. The Morgan fingerprint density at radius 1 is 1.32 bits per heavy atom. The van der Waals surface area contributed by atoms with Gasteiger partial charge in [0.2, 0.25) is 11.8 Å². The van der Waals surface area contributed by atoms with Gasteiger partial charge in [-0.05, 0) is 30.7 Å². The molecule has 1 N–H and O–H groups in total. The van der Waals surface area contributed by atoms with Crippen LogP contribution in [-0.2, 0) is 22.7 Å². The highest BCUT2D eigenvalue weighted by Gasteiger charge is 2.17. The van der Waals surface area contributed by atoms with Gasteiger partial charge in [0.05, 0.1) is 6.54 Å². The molecule has 1 aromatic carbocycles. The lowest BCUT2D eigenvalue weighted by Crippen LogP contribution is -2.30. The average molecular weight is 418 g/mol. The van der Waals surface area contributed by atoms with Gasteiger partial charge < -0.3 is 19.5 Å². The lowest BCUT2D eigenvalue weighted by atomic mass is 10.1. The van der Waals surface area contributed by atoms with Crippen molar-refractivity contribution in [3.05, 3.63) is 65.1 Å². The number of nitrogens with zero attached hydrogens (tertiary/aromatic N) is 3. The van der Waals surface area contributed by atoms with E-state index >= 15 is 0 Å². The normalized spacial score (nSPS) is 13.7. The Balaban J connectivity index is 1.46. The number of furan rings is 1. The number of carbonyl (C=O) groups excluding carboxylic acids is 2. The summed E-state index contributed by atoms with van der Waals surface area (Å²) in [5.41, 5.74) is 3.63. The van der Waals surface area contributed by atoms with Gasteiger partial charge in [0.1, 0.15) is 17.2 Å². The molecule has 0 saturated heterocycles. The zero-order chi connectivity index (χ0) is 22.0. The topological polar surface area (TPSA) is 78.7 Å². The molecular formula is C24H26N4O3. The van der Waals surface area contributed by atoms with E-state index in [4.69, 9.17) is 4.42 Å². The quantitative estimate of drug-likeness (QED) is 0.655. The van der Waals surface area contributed by atoms with E-state index in [1.165, 1.54) is 6.08 Å². The fourth-order valence-corrected chi connectivity index (χ4v) is 3.73. The van der Waals surface area contributed by atoms with Crippen molar-refractivity contribution in [3.63, 3.8) is 0 Å². The molecule has 0 spiro atoms. The number of carbonyl (C=O) groups is 2. The third-order valence-electron chi connectivity index (χ3n) is 5.59. The summed E-state index contributed by atoms with van der Waals surface area (Å²) >= 11 is 0. The van der Waals surface area contributed by atoms with Gasteiger partial charge in [-0.15, -0.1) is 0 Å². The average Bonchev–Trinajstić information content (AvgIpc) is 2.94. The van der Waals surface area contributed by atoms with E-state index in [0.717, 1.165) is 39.2 Å². The van der Waals surface area contributed by atoms with Gasteiger partial charge in [0.15, 0.2) is 0 Å². The minimum atomic E-state index is -0.127. The molecule has 0 radical (unpaired) electrons. The molecule has 0 atom stereocenters. The second-order valence-corrected chi connectivity index (χ2v) is 7.82. The van der Waals surface area contributed by atoms with E-state index in [1.54, 1.807) is 36.0 Å². The highest BCUT2D eigenvalue weighted by atomic mass is 16.3. The first-order chi connectivity index (χ1) is 14.9. The molecule has 2 amide bonds. The van der Waals surface area contributed by atoms with E-state index in [0.29, 0.717) is 26.2 Å². The molecule has 3 heterocycles. The number of fused-ring (bicyclic) bond motifs is 2. The molecule has 3 aromatic rings. The van der Waals surface area contributed by atoms with Crippen LogP contribution in [0, 0.1) is 6.92 Å². The van der Waals surface area contributed by atoms with Crippen LogP contribution in [0.5, 0.6) is 0 Å². The minimum absolute atomic E-state index is 0.0354. The fourth-order valence-electron chi connectivity index (χ4n) is 3.73. The number of aromatic nitrogens is 1. The van der Waals surface area contributed by atoms with Crippen LogP contribution in [0.15, 0.2) is 47.0 Å². The second kappa shape index (κ2) is 8.63. The van der Waals surface area contributed by atoms with Crippen molar-refractivity contribution in [1.82, 2.24) is 14.8 Å². The Morgan fingerprint density at radius 3 is 2.90 bits per heavy atom. The van der Waals surface area contributed by atoms with E-state index in [2.05, 4.69) is 10.3 Å². The first-order valence-electron chi connectivity index (χ1n) is 10.3. The third-order valence-corrected chi connectivity index (χ3v) is 5.59. The van der Waals surface area contributed by atoms with Crippen molar-refractivity contribution in [1.29, 1.82) is 0 Å². The van der Waals surface area contributed by atoms with Crippen LogP contribution in [0.1, 0.15) is 29.4 Å². The second-order valence-electron chi connectivity index (χ2n) is 7.82. The van der Waals surface area contributed by atoms with Crippen LogP contribution in [-0.4, -0.2) is 46.7 Å². The van der Waals surface area contributed by atoms with Crippen molar-refractivity contribution in [3.8, 4) is 0 Å². The molecule has 0 unspecified atom stereocenters. The highest BCUT2D eigenvalue weighted by molar-refractivity contribution is 5.91. The third kappa shape index (κ3) is 4.45. The van der Waals surface area contributed by atoms with Crippen LogP contribution in [0.2, 0.25) is 0 Å². The van der Waals surface area contributed by atoms with Crippen molar-refractivity contribution < 1.29 is 14.0 Å². The van der Waals surface area contributed by atoms with Crippen LogP contribution >= 0.6 is 0 Å². The van der Waals surface area contributed by atoms with Gasteiger partial charge in [0.25, 0.3) is 0 Å². The van der Waals surface area contributed by atoms with Gasteiger partial charge in [-0.2, -0.15) is 0 Å². The zero-order valence-corrected chi connectivity index (χ0v) is 18.0. The van der Waals surface area contributed by atoms with Gasteiger partial charge in [-0.1, -0.05) is 18.2 Å². The van der Waals surface area contributed by atoms with Gasteiger partial charge >= 0.3 is 0 Å². The molecule has 0 bridgehead atoms. The molecule has 0 fully saturated rings. The molecule has 0 saturated carbocycles. The Morgan fingerprint density at radius 2 is 2.13 bits per heavy atom. The number of pyridine rings is 1. The SMILES string of the molecule is CC(=O)N1CCNc2ncc(C=CC(=O)N(C)Cc3oc4ccccc4c3C)cc2C1. The lowest BCUT2D eigenvalue weighted by molar-refractivity contribution is -0.129. The fraction of sp³-hybridized carbons (Fsp3) is 0.292. The molecule has 1 aliphatic rings. The first kappa shape index (κ1) is 20.7. The smallest absolute Gasteiger partial charge is 0.246 e. The minimum Gasteiger partial charge on any atom is -0.459 e. The Bertz CT molecular complexity index is 1160. The zero-order valence-electron chi connectivity index (χ0n) is 18.0. The Labute approximate surface area is 181 Å². The molecule has 0 aliphatic carbocycles. The van der Waals surface area contributed by atoms with Crippen LogP contribution in [0.4, 0.5) is 5.82 Å². The number of hydrogen-bond donors (Lipinski definition) is 1. The van der Waals surface area contributed by atoms with Gasteiger partial charge in [-0.25, -0.2) is 4.98 Å². The summed E-state index contributed by atoms with van der Waals surface area (Å²) in [7, 11) is 1.75. The number of nitrogens with one attached hydrogen (secondary N) is 1. The number of hydrogen-bond acceptors (Lipinski definition) is 5. The monoisotopic (exact) mass is 418 g/mol. The number of rotatable bonds is 4. The summed E-state index contributed by atoms with van der Waals surface area (Å²) in [5.74, 6) is 1.48. The molecule has 4 rings (SSSR count). The molecular weight excluding hydrogens is 392 g/mol. The van der Waals surface area contributed by atoms with E-state index < -0.39 is 0 Å². The number of anilines is 1. The number of aryl methyl sites for hydroxylation is 1. The number of para-hydroxylation sites is 1. The molecule has 1 aliphatic heterocycles. The highest BCUT2D eigenvalue weighted by Crippen LogP contribution is 2.26. The van der Waals surface area contributed by atoms with Crippen molar-refractivity contribution >= 4 is 34.7 Å². The predicted octanol–water partition coefficient (Wildman–Crippen LogP) is 3.58. The van der Waals surface area contributed by atoms with Crippen LogP contribution in [0.3, 0.4) is 0 Å². The number of benzene rings is 1. The van der Waals surface area contributed by atoms with E-state index in [1.807, 2.05) is 37.3 Å². The largest absolute Gasteiger partial charge is 0.459 e. The maximum absolute atomic E-state index is 12.6. The molecule has 7 heteroatoms. The standard InChI is InChI=1S/C24H26N4O3/c1-16-20-6-4-5-7-21(20)31-22(16)15-27(3)23(30)9-8-18-12-19-14-28(17(2)29)11-10-25-24(19)26-13-18/h4-9,12-13H,10-11,14-15H2,1-3H3,(H,25,26). The summed E-state index contributed by atoms with van der Waals surface area (Å²) in [6.45, 7) is 5.78. The van der Waals surface area contributed by atoms with Gasteiger partial charge in [0, 0.05) is 62.4 Å². The molecule has 160 valence electrons. The lowest BCUT2D eigenvalue weighted by Gasteiger charge is -2.17. The number of likely N-dealkylation sites (N-methyl/N-ethyl adjacent to an activating group) is 1. The molecule has 31 heavy (non-hydrogen) atoms. The van der Waals surface area contributed by atoms with Crippen molar-refractivity contribution in [2.75, 3.05) is 25.5 Å². The van der Waals surface area contributed by atoms with Crippen molar-refractivity contribution in [2.24, 2.45) is 0 Å². The summed E-state index contributed by atoms with van der Waals surface area (Å²) < 4.78 is 5.92. The Kier molecular flexibility index (Phi) is 5.75. The predicted molar refractivity (Wildman–Crippen MR) is 120 cm³/mol. The Hall–Kier alpha value is -3.61. The summed E-state index contributed by atoms with van der Waals surface area (Å²) in [4.78, 5) is 32.3. The maximum Gasteiger partial charge on any atom is 0.246 e. The molecule has 7 nitrogen and oxygen atoms in total. The summed E-state index contributed by atoms with van der Waals surface area (Å²) in [5, 5.41) is 4.32. The summed E-state index contributed by atoms with van der Waals surface area (Å²) in [6, 6.07) is 9.83. The van der Waals surface area contributed by atoms with E-state index in [-0.39, 0.29) is 11.8 Å². The molecule has 2 aromatic heterocycles. The van der Waals surface area contributed by atoms with Crippen LogP contribution < -0.4 is 5.32 Å². The maximum atomic E-state index is 12.6. The van der Waals surface area contributed by atoms with Crippen molar-refractivity contribution in [2.45, 2.75) is 26.9 Å².